The molecule has 10 nitrogen and oxygen atoms in total. The van der Waals surface area contributed by atoms with Crippen molar-refractivity contribution in [2.75, 3.05) is 13.2 Å². The summed E-state index contributed by atoms with van der Waals surface area (Å²) in [5.74, 6) is 0.211. The Morgan fingerprint density at radius 2 is 2.07 bits per heavy atom. The molecule has 2 aromatic rings. The van der Waals surface area contributed by atoms with Crippen molar-refractivity contribution >= 4 is 17.8 Å². The fourth-order valence-electron chi connectivity index (χ4n) is 2.65. The Kier molecular flexibility index (Phi) is 6.20. The lowest BCUT2D eigenvalue weighted by Gasteiger charge is -2.07. The van der Waals surface area contributed by atoms with Gasteiger partial charge in [0.05, 0.1) is 12.3 Å². The smallest absolute Gasteiger partial charge is 0.322 e. The largest absolute Gasteiger partial charge is 0.494 e. The van der Waals surface area contributed by atoms with E-state index in [0.717, 1.165) is 5.75 Å². The van der Waals surface area contributed by atoms with Crippen LogP contribution < -0.4 is 20.7 Å². The molecule has 3 N–H and O–H groups in total. The lowest BCUT2D eigenvalue weighted by molar-refractivity contribution is -0.122. The summed E-state index contributed by atoms with van der Waals surface area (Å²) in [5.41, 5.74) is 1.69. The standard InChI is InChI=1S/C18H22N6O4/c1-12-3-5-14(6-4-12)28-8-2-7-19-16(25)11-24-10-13(22-23-24)9-15-17(26)21-18(27)20-15/h3-6,10,15H,2,7-9,11H2,1H3,(H,19,25)(H2,20,21,26,27). The summed E-state index contributed by atoms with van der Waals surface area (Å²) in [5, 5.41) is 15.2. The molecule has 3 rings (SSSR count). The van der Waals surface area contributed by atoms with E-state index in [1.54, 1.807) is 6.20 Å². The molecule has 0 aliphatic carbocycles. The van der Waals surface area contributed by atoms with Crippen LogP contribution in [-0.2, 0) is 22.6 Å². The van der Waals surface area contributed by atoms with Crippen molar-refractivity contribution in [3.8, 4) is 5.75 Å². The van der Waals surface area contributed by atoms with Crippen molar-refractivity contribution in [3.63, 3.8) is 0 Å². The van der Waals surface area contributed by atoms with Crippen LogP contribution >= 0.6 is 0 Å². The van der Waals surface area contributed by atoms with Gasteiger partial charge in [-0.3, -0.25) is 14.9 Å². The third kappa shape index (κ3) is 5.53. The summed E-state index contributed by atoms with van der Waals surface area (Å²) in [6.45, 7) is 3.03. The highest BCUT2D eigenvalue weighted by Gasteiger charge is 2.30. The highest BCUT2D eigenvalue weighted by atomic mass is 16.5. The van der Waals surface area contributed by atoms with Crippen LogP contribution in [0, 0.1) is 6.92 Å². The molecule has 1 aliphatic rings. The van der Waals surface area contributed by atoms with Crippen LogP contribution in [0.3, 0.4) is 0 Å². The van der Waals surface area contributed by atoms with Gasteiger partial charge in [-0.2, -0.15) is 0 Å². The predicted octanol–water partition coefficient (Wildman–Crippen LogP) is -0.0777. The molecule has 1 fully saturated rings. The van der Waals surface area contributed by atoms with Gasteiger partial charge in [0, 0.05) is 19.2 Å². The molecule has 0 spiro atoms. The fraction of sp³-hybridized carbons (Fsp3) is 0.389. The number of carbonyl (C=O) groups excluding carboxylic acids is 3. The zero-order valence-corrected chi connectivity index (χ0v) is 15.5. The summed E-state index contributed by atoms with van der Waals surface area (Å²) in [4.78, 5) is 34.6. The number of rotatable bonds is 9. The Morgan fingerprint density at radius 1 is 1.29 bits per heavy atom. The average molecular weight is 386 g/mol. The third-order valence-corrected chi connectivity index (χ3v) is 4.10. The maximum absolute atomic E-state index is 12.0. The minimum Gasteiger partial charge on any atom is -0.494 e. The van der Waals surface area contributed by atoms with Crippen LogP contribution in [0.1, 0.15) is 17.7 Å². The normalized spacial score (nSPS) is 15.8. The number of urea groups is 1. The third-order valence-electron chi connectivity index (χ3n) is 4.10. The van der Waals surface area contributed by atoms with E-state index in [4.69, 9.17) is 4.74 Å². The van der Waals surface area contributed by atoms with Gasteiger partial charge in [-0.05, 0) is 25.5 Å². The number of amides is 4. The molecule has 1 aromatic heterocycles. The SMILES string of the molecule is Cc1ccc(OCCCNC(=O)Cn2cc(CC3NC(=O)NC3=O)nn2)cc1. The van der Waals surface area contributed by atoms with Gasteiger partial charge in [0.15, 0.2) is 0 Å². The fourth-order valence-corrected chi connectivity index (χ4v) is 2.65. The summed E-state index contributed by atoms with van der Waals surface area (Å²) < 4.78 is 6.99. The molecule has 4 amide bonds. The minimum absolute atomic E-state index is 0.0229. The van der Waals surface area contributed by atoms with E-state index in [-0.39, 0.29) is 18.9 Å². The average Bonchev–Trinajstić information content (AvgIpc) is 3.22. The zero-order valence-electron chi connectivity index (χ0n) is 15.5. The van der Waals surface area contributed by atoms with Gasteiger partial charge >= 0.3 is 6.03 Å². The Balaban J connectivity index is 1.33. The van der Waals surface area contributed by atoms with Crippen molar-refractivity contribution < 1.29 is 19.1 Å². The number of aromatic nitrogens is 3. The molecule has 1 saturated heterocycles. The Labute approximate surface area is 161 Å². The number of ether oxygens (including phenoxy) is 1. The molecule has 1 unspecified atom stereocenters. The van der Waals surface area contributed by atoms with Crippen LogP contribution in [-0.4, -0.2) is 52.0 Å². The molecule has 0 bridgehead atoms. The van der Waals surface area contributed by atoms with Gasteiger partial charge in [-0.25, -0.2) is 9.48 Å². The van der Waals surface area contributed by atoms with Gasteiger partial charge < -0.3 is 15.4 Å². The van der Waals surface area contributed by atoms with Crippen molar-refractivity contribution in [3.05, 3.63) is 41.7 Å². The number of nitrogens with one attached hydrogen (secondary N) is 3. The van der Waals surface area contributed by atoms with Gasteiger partial charge in [-0.1, -0.05) is 22.9 Å². The van der Waals surface area contributed by atoms with Crippen LogP contribution in [0.4, 0.5) is 4.79 Å². The highest BCUT2D eigenvalue weighted by molar-refractivity contribution is 6.04. The first-order valence-electron chi connectivity index (χ1n) is 8.96. The summed E-state index contributed by atoms with van der Waals surface area (Å²) in [6, 6.07) is 6.61. The second-order valence-corrected chi connectivity index (χ2v) is 6.49. The first kappa shape index (κ1) is 19.3. The molecule has 10 heteroatoms. The van der Waals surface area contributed by atoms with E-state index in [0.29, 0.717) is 25.3 Å². The first-order valence-corrected chi connectivity index (χ1v) is 8.96. The van der Waals surface area contributed by atoms with Crippen LogP contribution in [0.25, 0.3) is 0 Å². The van der Waals surface area contributed by atoms with E-state index in [2.05, 4.69) is 26.3 Å². The molecule has 28 heavy (non-hydrogen) atoms. The van der Waals surface area contributed by atoms with Gasteiger partial charge in [0.2, 0.25) is 5.91 Å². The lowest BCUT2D eigenvalue weighted by Crippen LogP contribution is -2.31. The second-order valence-electron chi connectivity index (χ2n) is 6.49. The maximum Gasteiger partial charge on any atom is 0.322 e. The number of imide groups is 1. The van der Waals surface area contributed by atoms with Crippen molar-refractivity contribution in [1.29, 1.82) is 0 Å². The molecule has 0 radical (unpaired) electrons. The van der Waals surface area contributed by atoms with Crippen LogP contribution in [0.2, 0.25) is 0 Å². The summed E-state index contributed by atoms with van der Waals surface area (Å²) in [6.07, 6.45) is 2.48. The second kappa shape index (κ2) is 8.98. The first-order chi connectivity index (χ1) is 13.5. The zero-order chi connectivity index (χ0) is 19.9. The van der Waals surface area contributed by atoms with E-state index in [9.17, 15) is 14.4 Å². The highest BCUT2D eigenvalue weighted by Crippen LogP contribution is 2.11. The molecule has 1 aromatic carbocycles. The topological polar surface area (TPSA) is 127 Å². The Morgan fingerprint density at radius 3 is 2.79 bits per heavy atom. The van der Waals surface area contributed by atoms with Crippen molar-refractivity contribution in [2.24, 2.45) is 0 Å². The molecule has 2 heterocycles. The molecule has 0 saturated carbocycles. The summed E-state index contributed by atoms with van der Waals surface area (Å²) >= 11 is 0. The lowest BCUT2D eigenvalue weighted by atomic mass is 10.2. The summed E-state index contributed by atoms with van der Waals surface area (Å²) in [7, 11) is 0. The number of benzene rings is 1. The van der Waals surface area contributed by atoms with Crippen LogP contribution in [0.15, 0.2) is 30.5 Å². The van der Waals surface area contributed by atoms with Gasteiger partial charge in [-0.15, -0.1) is 5.10 Å². The van der Waals surface area contributed by atoms with Crippen molar-refractivity contribution in [2.45, 2.75) is 32.4 Å². The van der Waals surface area contributed by atoms with E-state index < -0.39 is 18.0 Å². The van der Waals surface area contributed by atoms with Gasteiger partial charge in [0.25, 0.3) is 5.91 Å². The number of hydrogen-bond donors (Lipinski definition) is 3. The quantitative estimate of drug-likeness (QED) is 0.409. The maximum atomic E-state index is 12.0. The monoisotopic (exact) mass is 386 g/mol. The molecule has 1 atom stereocenters. The minimum atomic E-state index is -0.667. The Hall–Kier alpha value is -3.43. The van der Waals surface area contributed by atoms with Gasteiger partial charge in [0.1, 0.15) is 18.3 Å². The van der Waals surface area contributed by atoms with E-state index in [1.165, 1.54) is 10.2 Å². The predicted molar refractivity (Wildman–Crippen MR) is 98.5 cm³/mol. The van der Waals surface area contributed by atoms with E-state index in [1.807, 2.05) is 31.2 Å². The van der Waals surface area contributed by atoms with E-state index >= 15 is 0 Å². The molecular weight excluding hydrogens is 364 g/mol. The molecular formula is C18H22N6O4. The number of aryl methyl sites for hydroxylation is 1. The van der Waals surface area contributed by atoms with Crippen LogP contribution in [0.5, 0.6) is 5.75 Å². The molecule has 148 valence electrons. The molecule has 1 aliphatic heterocycles. The Bertz CT molecular complexity index is 848. The van der Waals surface area contributed by atoms with Crippen molar-refractivity contribution in [1.82, 2.24) is 30.9 Å². The number of nitrogens with zero attached hydrogens (tertiary/aromatic N) is 3. The number of carbonyl (C=O) groups is 3. The number of hydrogen-bond acceptors (Lipinski definition) is 6.